The summed E-state index contributed by atoms with van der Waals surface area (Å²) in [6.45, 7) is 11.8. The number of hydrogen-bond donors (Lipinski definition) is 1. The van der Waals surface area contributed by atoms with Gasteiger partial charge in [0, 0.05) is 38.1 Å². The fourth-order valence-corrected chi connectivity index (χ4v) is 6.12. The number of nitrogens with zero attached hydrogens (tertiary/aromatic N) is 2. The van der Waals surface area contributed by atoms with E-state index in [1.807, 2.05) is 18.3 Å². The molecule has 223 valence electrons. The summed E-state index contributed by atoms with van der Waals surface area (Å²) < 4.78 is 0. The van der Waals surface area contributed by atoms with Crippen LogP contribution in [0, 0.1) is 33.8 Å². The Labute approximate surface area is 275 Å². The van der Waals surface area contributed by atoms with Crippen molar-refractivity contribution in [1.29, 1.82) is 0 Å². The van der Waals surface area contributed by atoms with Gasteiger partial charge in [0.15, 0.2) is 5.78 Å². The van der Waals surface area contributed by atoms with Crippen molar-refractivity contribution in [2.75, 3.05) is 0 Å². The van der Waals surface area contributed by atoms with Crippen LogP contribution in [-0.4, -0.2) is 27.5 Å². The number of aryl methyl sites for hydroxylation is 4. The molecule has 0 saturated carbocycles. The predicted molar refractivity (Wildman–Crippen MR) is 179 cm³/mol. The van der Waals surface area contributed by atoms with Crippen molar-refractivity contribution in [3.05, 3.63) is 154 Å². The van der Waals surface area contributed by atoms with Crippen molar-refractivity contribution >= 4 is 29.1 Å². The number of ketones is 1. The van der Waals surface area contributed by atoms with E-state index in [2.05, 4.69) is 123 Å². The number of rotatable bonds is 4. The molecule has 0 bridgehead atoms. The van der Waals surface area contributed by atoms with Crippen LogP contribution in [0.2, 0.25) is 0 Å². The second-order valence-electron chi connectivity index (χ2n) is 11.2. The molecule has 6 heteroatoms. The van der Waals surface area contributed by atoms with Crippen LogP contribution in [0.25, 0.3) is 16.8 Å². The summed E-state index contributed by atoms with van der Waals surface area (Å²) in [5.41, 5.74) is 14.8. The molecule has 1 aromatic heterocycles. The van der Waals surface area contributed by atoms with Crippen LogP contribution in [0.1, 0.15) is 47.2 Å². The molecular weight excluding hydrogens is 719 g/mol. The van der Waals surface area contributed by atoms with E-state index in [0.717, 1.165) is 11.3 Å². The number of fused-ring (bicyclic) bond motifs is 2. The molecule has 4 aromatic rings. The summed E-state index contributed by atoms with van der Waals surface area (Å²) in [6, 6.07) is 27.3. The normalized spacial score (nSPS) is 13.5. The van der Waals surface area contributed by atoms with E-state index in [1.165, 1.54) is 75.5 Å². The van der Waals surface area contributed by atoms with Gasteiger partial charge in [-0.2, -0.15) is 0 Å². The van der Waals surface area contributed by atoms with Crippen molar-refractivity contribution in [2.45, 2.75) is 41.5 Å². The van der Waals surface area contributed by atoms with Crippen LogP contribution in [0.15, 0.2) is 115 Å². The third-order valence-corrected chi connectivity index (χ3v) is 7.87. The van der Waals surface area contributed by atoms with Gasteiger partial charge in [0.1, 0.15) is 0 Å². The van der Waals surface area contributed by atoms with Gasteiger partial charge >= 0.3 is 6.85 Å². The maximum absolute atomic E-state index is 10.0. The minimum Gasteiger partial charge on any atom is -0.512 e. The zero-order valence-corrected chi connectivity index (χ0v) is 28.4. The Morgan fingerprint density at radius 2 is 1.57 bits per heavy atom. The quantitative estimate of drug-likeness (QED) is 0.105. The molecule has 4 nitrogen and oxygen atoms in total. The molecule has 2 aliphatic rings. The van der Waals surface area contributed by atoms with Crippen LogP contribution in [0.4, 0.5) is 0 Å². The average molecular weight is 756 g/mol. The summed E-state index contributed by atoms with van der Waals surface area (Å²) in [4.78, 5) is 17.1. The van der Waals surface area contributed by atoms with E-state index in [1.54, 1.807) is 0 Å². The van der Waals surface area contributed by atoms with Crippen molar-refractivity contribution < 1.29 is 30.0 Å². The standard InChI is InChI=1S/C33H28BN2.C5H8O2.Ir/c1-22-11-9-12-23(2)31(22)32-27-18-17-26(29-15-5-7-19-35-29)21-28(27)34(36-20-8-6-16-30(32)36)33-24(3)13-10-14-25(33)4;1-4(6)3-5(2)7;/h5-16,18-21H,1-4H3;3,6H,1-2H3;/q-1;;/b;4-3-;. The number of pyridine rings is 1. The first-order chi connectivity index (χ1) is 20.7. The van der Waals surface area contributed by atoms with Gasteiger partial charge in [0.05, 0.1) is 5.76 Å². The molecular formula is C38H36BIrN2O2-. The minimum atomic E-state index is -0.125. The Kier molecular flexibility index (Phi) is 10.4. The zero-order valence-electron chi connectivity index (χ0n) is 26.0. The summed E-state index contributed by atoms with van der Waals surface area (Å²) >= 11 is 0. The molecule has 0 atom stereocenters. The Morgan fingerprint density at radius 1 is 0.909 bits per heavy atom. The third kappa shape index (κ3) is 6.62. The maximum Gasteiger partial charge on any atom is 0.309 e. The van der Waals surface area contributed by atoms with Crippen LogP contribution < -0.4 is 10.9 Å². The number of carbonyl (C=O) groups excluding carboxylic acids is 1. The first-order valence-corrected chi connectivity index (χ1v) is 14.5. The molecule has 1 N–H and O–H groups in total. The Balaban J connectivity index is 0.000000497. The van der Waals surface area contributed by atoms with Gasteiger partial charge in [-0.25, -0.2) is 0 Å². The summed E-state index contributed by atoms with van der Waals surface area (Å²) in [5, 5.41) is 8.36. The molecule has 2 aliphatic heterocycles. The number of aromatic nitrogens is 1. The summed E-state index contributed by atoms with van der Waals surface area (Å²) in [5.74, 6) is -0.0625. The molecule has 0 unspecified atom stereocenters. The Morgan fingerprint density at radius 3 is 2.14 bits per heavy atom. The predicted octanol–water partition coefficient (Wildman–Crippen LogP) is 7.08. The zero-order chi connectivity index (χ0) is 30.7. The largest absolute Gasteiger partial charge is 0.512 e. The van der Waals surface area contributed by atoms with Crippen LogP contribution >= 0.6 is 0 Å². The monoisotopic (exact) mass is 756 g/mol. The van der Waals surface area contributed by atoms with E-state index >= 15 is 0 Å². The van der Waals surface area contributed by atoms with Crippen molar-refractivity contribution in [3.63, 3.8) is 0 Å². The Bertz CT molecular complexity index is 1780. The number of allylic oxidation sites excluding steroid dienone is 5. The average Bonchev–Trinajstić information content (AvgIpc) is 2.97. The van der Waals surface area contributed by atoms with Crippen molar-refractivity contribution in [1.82, 2.24) is 9.79 Å². The van der Waals surface area contributed by atoms with E-state index in [4.69, 9.17) is 5.11 Å². The van der Waals surface area contributed by atoms with Gasteiger partial charge in [-0.15, -0.1) is 29.2 Å². The van der Waals surface area contributed by atoms with E-state index in [9.17, 15) is 4.79 Å². The van der Waals surface area contributed by atoms with Gasteiger partial charge in [-0.05, 0) is 99.4 Å². The van der Waals surface area contributed by atoms with Gasteiger partial charge in [0.25, 0.3) is 0 Å². The molecule has 1 radical (unpaired) electrons. The molecule has 44 heavy (non-hydrogen) atoms. The number of carbonyl (C=O) groups is 1. The molecule has 0 spiro atoms. The summed E-state index contributed by atoms with van der Waals surface area (Å²) in [7, 11) is 0. The number of benzene rings is 3. The first kappa shape index (κ1) is 32.7. The number of aliphatic hydroxyl groups is 1. The van der Waals surface area contributed by atoms with E-state index in [0.29, 0.717) is 0 Å². The van der Waals surface area contributed by atoms with E-state index in [-0.39, 0.29) is 38.5 Å². The van der Waals surface area contributed by atoms with Crippen molar-refractivity contribution in [2.24, 2.45) is 0 Å². The number of hydrogen-bond acceptors (Lipinski definition) is 4. The molecule has 0 amide bonds. The Hall–Kier alpha value is -4.25. The first-order valence-electron chi connectivity index (χ1n) is 14.5. The second kappa shape index (κ2) is 14.0. The van der Waals surface area contributed by atoms with Crippen LogP contribution in [-0.2, 0) is 24.9 Å². The van der Waals surface area contributed by atoms with Crippen LogP contribution in [0.3, 0.4) is 0 Å². The fourth-order valence-electron chi connectivity index (χ4n) is 6.12. The summed E-state index contributed by atoms with van der Waals surface area (Å²) in [6.07, 6.45) is 11.8. The minimum absolute atomic E-state index is 0. The van der Waals surface area contributed by atoms with E-state index < -0.39 is 0 Å². The van der Waals surface area contributed by atoms with Crippen molar-refractivity contribution in [3.8, 4) is 11.3 Å². The van der Waals surface area contributed by atoms with Gasteiger partial charge in [-0.3, -0.25) is 4.79 Å². The van der Waals surface area contributed by atoms with Gasteiger partial charge < -0.3 is 14.9 Å². The molecule has 0 saturated heterocycles. The fraction of sp³-hybridized carbons (Fsp3) is 0.158. The van der Waals surface area contributed by atoms with Gasteiger partial charge in [-0.1, -0.05) is 71.3 Å². The third-order valence-electron chi connectivity index (χ3n) is 7.87. The van der Waals surface area contributed by atoms with Crippen LogP contribution in [0.5, 0.6) is 0 Å². The molecule has 3 heterocycles. The topological polar surface area (TPSA) is 53.4 Å². The molecule has 0 aliphatic carbocycles. The van der Waals surface area contributed by atoms with Gasteiger partial charge in [0.2, 0.25) is 0 Å². The second-order valence-corrected chi connectivity index (χ2v) is 11.2. The SMILES string of the molecule is CC(=O)/C=C(/C)O.Cc1cccc(C)c1B1c2cc(-c3ccccn3)[c-]cc2C(c2c(C)cccc2C)=C2C=CC=CN12.[Ir]. The molecule has 3 aromatic carbocycles. The maximum atomic E-state index is 10.0. The molecule has 6 rings (SSSR count). The molecule has 0 fully saturated rings. The number of aliphatic hydroxyl groups excluding tert-OH is 1. The smallest absolute Gasteiger partial charge is 0.309 e.